The average Bonchev–Trinajstić information content (AvgIpc) is 2.04. The number of carbonyl (C=O) groups is 1. The highest BCUT2D eigenvalue weighted by Crippen LogP contribution is 2.18. The normalized spacial score (nSPS) is 24.1. The van der Waals surface area contributed by atoms with Crippen molar-refractivity contribution in [2.75, 3.05) is 13.1 Å². The van der Waals surface area contributed by atoms with Gasteiger partial charge in [0.2, 0.25) is 0 Å². The van der Waals surface area contributed by atoms with Gasteiger partial charge < -0.3 is 10.1 Å². The fraction of sp³-hybridized carbons (Fsp3) is 0.900. The maximum absolute atomic E-state index is 11.5. The monoisotopic (exact) mass is 185 g/mol. The SMILES string of the molecule is CC(C)(C)C(=O)O[C@@H]1CCCNC1. The molecule has 0 unspecified atom stereocenters. The van der Waals surface area contributed by atoms with Gasteiger partial charge in [0.15, 0.2) is 0 Å². The van der Waals surface area contributed by atoms with E-state index < -0.39 is 0 Å². The molecule has 1 heterocycles. The quantitative estimate of drug-likeness (QED) is 0.626. The highest BCUT2D eigenvalue weighted by Gasteiger charge is 2.26. The summed E-state index contributed by atoms with van der Waals surface area (Å²) in [4.78, 5) is 11.5. The van der Waals surface area contributed by atoms with E-state index in [0.717, 1.165) is 25.9 Å². The second-order valence-electron chi connectivity index (χ2n) is 4.62. The molecular formula is C10H19NO2. The summed E-state index contributed by atoms with van der Waals surface area (Å²) in [6.07, 6.45) is 2.18. The predicted molar refractivity (Wildman–Crippen MR) is 51.4 cm³/mol. The van der Waals surface area contributed by atoms with Gasteiger partial charge in [-0.1, -0.05) is 0 Å². The van der Waals surface area contributed by atoms with Gasteiger partial charge >= 0.3 is 5.97 Å². The number of rotatable bonds is 1. The van der Waals surface area contributed by atoms with E-state index in [1.165, 1.54) is 0 Å². The van der Waals surface area contributed by atoms with Gasteiger partial charge in [-0.25, -0.2) is 0 Å². The van der Waals surface area contributed by atoms with E-state index in [-0.39, 0.29) is 17.5 Å². The van der Waals surface area contributed by atoms with Gasteiger partial charge in [0.1, 0.15) is 6.10 Å². The van der Waals surface area contributed by atoms with E-state index in [9.17, 15) is 4.79 Å². The molecule has 1 aliphatic rings. The minimum atomic E-state index is -0.378. The minimum absolute atomic E-state index is 0.0838. The third kappa shape index (κ3) is 3.35. The molecule has 0 radical (unpaired) electrons. The van der Waals surface area contributed by atoms with Crippen molar-refractivity contribution in [1.29, 1.82) is 0 Å². The molecule has 3 heteroatoms. The number of carbonyl (C=O) groups excluding carboxylic acids is 1. The number of hydrogen-bond acceptors (Lipinski definition) is 3. The summed E-state index contributed by atoms with van der Waals surface area (Å²) < 4.78 is 5.35. The first-order chi connectivity index (χ1) is 6.00. The van der Waals surface area contributed by atoms with Crippen molar-refractivity contribution < 1.29 is 9.53 Å². The second kappa shape index (κ2) is 4.09. The summed E-state index contributed by atoms with van der Waals surface area (Å²) >= 11 is 0. The van der Waals surface area contributed by atoms with Crippen LogP contribution in [0.5, 0.6) is 0 Å². The zero-order valence-electron chi connectivity index (χ0n) is 8.72. The molecule has 13 heavy (non-hydrogen) atoms. The molecule has 0 aromatic carbocycles. The predicted octanol–water partition coefficient (Wildman–Crippen LogP) is 1.33. The Balaban J connectivity index is 2.35. The zero-order chi connectivity index (χ0) is 9.90. The van der Waals surface area contributed by atoms with Crippen LogP contribution in [0.2, 0.25) is 0 Å². The lowest BCUT2D eigenvalue weighted by atomic mass is 9.97. The van der Waals surface area contributed by atoms with Crippen molar-refractivity contribution in [3.63, 3.8) is 0 Å². The molecule has 76 valence electrons. The molecule has 1 aliphatic heterocycles. The minimum Gasteiger partial charge on any atom is -0.461 e. The lowest BCUT2D eigenvalue weighted by Crippen LogP contribution is -2.39. The molecule has 1 fully saturated rings. The number of esters is 1. The molecule has 1 atom stereocenters. The van der Waals surface area contributed by atoms with Crippen LogP contribution in [0.25, 0.3) is 0 Å². The lowest BCUT2D eigenvalue weighted by molar-refractivity contribution is -0.159. The molecular weight excluding hydrogens is 166 g/mol. The van der Waals surface area contributed by atoms with Crippen LogP contribution in [-0.4, -0.2) is 25.2 Å². The Morgan fingerprint density at radius 3 is 2.62 bits per heavy atom. The summed E-state index contributed by atoms with van der Waals surface area (Å²) in [7, 11) is 0. The van der Waals surface area contributed by atoms with E-state index in [1.54, 1.807) is 0 Å². The summed E-state index contributed by atoms with van der Waals surface area (Å²) in [6, 6.07) is 0. The Morgan fingerprint density at radius 2 is 2.15 bits per heavy atom. The number of hydrogen-bond donors (Lipinski definition) is 1. The van der Waals surface area contributed by atoms with Crippen molar-refractivity contribution in [3.05, 3.63) is 0 Å². The Kier molecular flexibility index (Phi) is 3.31. The van der Waals surface area contributed by atoms with Gasteiger partial charge in [0, 0.05) is 6.54 Å². The first kappa shape index (κ1) is 10.5. The van der Waals surface area contributed by atoms with Gasteiger partial charge in [-0.2, -0.15) is 0 Å². The average molecular weight is 185 g/mol. The van der Waals surface area contributed by atoms with Crippen molar-refractivity contribution >= 4 is 5.97 Å². The molecule has 1 N–H and O–H groups in total. The summed E-state index contributed by atoms with van der Waals surface area (Å²) in [5.74, 6) is -0.0961. The van der Waals surface area contributed by atoms with Crippen LogP contribution < -0.4 is 5.32 Å². The standard InChI is InChI=1S/C10H19NO2/c1-10(2,3)9(12)13-8-5-4-6-11-7-8/h8,11H,4-7H2,1-3H3/t8-/m1/s1. The van der Waals surface area contributed by atoms with E-state index in [2.05, 4.69) is 5.32 Å². The van der Waals surface area contributed by atoms with Gasteiger partial charge in [0.05, 0.1) is 5.41 Å². The first-order valence-electron chi connectivity index (χ1n) is 4.92. The van der Waals surface area contributed by atoms with Gasteiger partial charge in [0.25, 0.3) is 0 Å². The molecule has 0 saturated carbocycles. The number of nitrogens with one attached hydrogen (secondary N) is 1. The Morgan fingerprint density at radius 1 is 1.46 bits per heavy atom. The molecule has 0 aromatic heterocycles. The molecule has 0 aromatic rings. The molecule has 1 saturated heterocycles. The topological polar surface area (TPSA) is 38.3 Å². The van der Waals surface area contributed by atoms with Crippen LogP contribution in [0.4, 0.5) is 0 Å². The molecule has 0 spiro atoms. The maximum atomic E-state index is 11.5. The van der Waals surface area contributed by atoms with Crippen LogP contribution in [0.3, 0.4) is 0 Å². The van der Waals surface area contributed by atoms with Crippen molar-refractivity contribution in [2.24, 2.45) is 5.41 Å². The summed E-state index contributed by atoms with van der Waals surface area (Å²) in [5, 5.41) is 3.21. The number of ether oxygens (including phenoxy) is 1. The van der Waals surface area contributed by atoms with Gasteiger partial charge in [-0.3, -0.25) is 4.79 Å². The van der Waals surface area contributed by atoms with E-state index in [1.807, 2.05) is 20.8 Å². The molecule has 0 bridgehead atoms. The lowest BCUT2D eigenvalue weighted by Gasteiger charge is -2.26. The van der Waals surface area contributed by atoms with Crippen LogP contribution in [0.1, 0.15) is 33.6 Å². The molecule has 0 amide bonds. The van der Waals surface area contributed by atoms with Crippen molar-refractivity contribution in [1.82, 2.24) is 5.32 Å². The third-order valence-corrected chi connectivity index (χ3v) is 2.14. The Labute approximate surface area is 79.8 Å². The van der Waals surface area contributed by atoms with Gasteiger partial charge in [-0.05, 0) is 40.2 Å². The van der Waals surface area contributed by atoms with Gasteiger partial charge in [-0.15, -0.1) is 0 Å². The summed E-state index contributed by atoms with van der Waals surface area (Å²) in [6.45, 7) is 7.49. The highest BCUT2D eigenvalue weighted by atomic mass is 16.5. The fourth-order valence-electron chi connectivity index (χ4n) is 1.25. The summed E-state index contributed by atoms with van der Waals surface area (Å²) in [5.41, 5.74) is -0.378. The second-order valence-corrected chi connectivity index (χ2v) is 4.62. The van der Waals surface area contributed by atoms with Crippen LogP contribution >= 0.6 is 0 Å². The van der Waals surface area contributed by atoms with E-state index in [4.69, 9.17) is 4.74 Å². The van der Waals surface area contributed by atoms with Crippen LogP contribution in [-0.2, 0) is 9.53 Å². The zero-order valence-corrected chi connectivity index (χ0v) is 8.72. The number of piperidine rings is 1. The Bertz CT molecular complexity index is 178. The fourth-order valence-corrected chi connectivity index (χ4v) is 1.25. The van der Waals surface area contributed by atoms with Crippen LogP contribution in [0.15, 0.2) is 0 Å². The van der Waals surface area contributed by atoms with Crippen molar-refractivity contribution in [2.45, 2.75) is 39.7 Å². The Hall–Kier alpha value is -0.570. The molecule has 1 rings (SSSR count). The van der Waals surface area contributed by atoms with E-state index >= 15 is 0 Å². The molecule has 0 aliphatic carbocycles. The largest absolute Gasteiger partial charge is 0.461 e. The van der Waals surface area contributed by atoms with Crippen molar-refractivity contribution in [3.8, 4) is 0 Å². The first-order valence-corrected chi connectivity index (χ1v) is 4.92. The smallest absolute Gasteiger partial charge is 0.311 e. The third-order valence-electron chi connectivity index (χ3n) is 2.14. The highest BCUT2D eigenvalue weighted by molar-refractivity contribution is 5.75. The van der Waals surface area contributed by atoms with E-state index in [0.29, 0.717) is 0 Å². The maximum Gasteiger partial charge on any atom is 0.311 e. The van der Waals surface area contributed by atoms with Crippen LogP contribution in [0, 0.1) is 5.41 Å². The molecule has 3 nitrogen and oxygen atoms in total.